The van der Waals surface area contributed by atoms with E-state index in [-0.39, 0.29) is 11.9 Å². The number of aromatic nitrogens is 2. The number of hydrogen-bond acceptors (Lipinski definition) is 4. The second-order valence-electron chi connectivity index (χ2n) is 7.71. The van der Waals surface area contributed by atoms with E-state index in [0.29, 0.717) is 11.1 Å². The first-order valence-corrected chi connectivity index (χ1v) is 10.1. The number of fused-ring (bicyclic) bond motifs is 1. The number of esters is 1. The minimum absolute atomic E-state index is 0.0816. The van der Waals surface area contributed by atoms with Crippen LogP contribution in [0.3, 0.4) is 0 Å². The summed E-state index contributed by atoms with van der Waals surface area (Å²) in [6, 6.07) is 12.7. The summed E-state index contributed by atoms with van der Waals surface area (Å²) in [5.41, 5.74) is 6.68. The highest BCUT2D eigenvalue weighted by Gasteiger charge is 2.26. The van der Waals surface area contributed by atoms with Gasteiger partial charge in [-0.2, -0.15) is 5.10 Å². The molecule has 0 saturated carbocycles. The van der Waals surface area contributed by atoms with Crippen LogP contribution in [0.25, 0.3) is 5.69 Å². The average Bonchev–Trinajstić information content (AvgIpc) is 3.20. The van der Waals surface area contributed by atoms with Crippen LogP contribution in [0.2, 0.25) is 0 Å². The third kappa shape index (κ3) is 3.73. The standard InChI is InChI=1S/C24H25N3O3/c1-15-7-12-19(13-16(15)2)27-22-6-4-5-21(20(22)14-25-27)26-23(28)17-8-10-18(11-9-17)24(29)30-3/h7-14,21H,4-6H2,1-3H3,(H,26,28)/t21-/m0/s1. The zero-order valence-corrected chi connectivity index (χ0v) is 17.4. The molecule has 0 aliphatic heterocycles. The Hall–Kier alpha value is -3.41. The number of rotatable bonds is 4. The van der Waals surface area contributed by atoms with Gasteiger partial charge >= 0.3 is 5.97 Å². The lowest BCUT2D eigenvalue weighted by molar-refractivity contribution is 0.0600. The quantitative estimate of drug-likeness (QED) is 0.666. The Kier molecular flexibility index (Phi) is 5.40. The van der Waals surface area contributed by atoms with E-state index >= 15 is 0 Å². The van der Waals surface area contributed by atoms with Crippen molar-refractivity contribution >= 4 is 11.9 Å². The molecule has 3 aromatic rings. The molecule has 2 aromatic carbocycles. The molecule has 6 nitrogen and oxygen atoms in total. The lowest BCUT2D eigenvalue weighted by Crippen LogP contribution is -2.31. The maximum Gasteiger partial charge on any atom is 0.337 e. The molecular weight excluding hydrogens is 378 g/mol. The van der Waals surface area contributed by atoms with Crippen molar-refractivity contribution in [3.63, 3.8) is 0 Å². The SMILES string of the molecule is COC(=O)c1ccc(C(=O)N[C@H]2CCCc3c2cnn3-c2ccc(C)c(C)c2)cc1. The summed E-state index contributed by atoms with van der Waals surface area (Å²) in [4.78, 5) is 24.4. The maximum atomic E-state index is 12.8. The van der Waals surface area contributed by atoms with Gasteiger partial charge in [-0.3, -0.25) is 4.79 Å². The van der Waals surface area contributed by atoms with Crippen LogP contribution in [-0.4, -0.2) is 28.8 Å². The molecule has 30 heavy (non-hydrogen) atoms. The molecule has 1 heterocycles. The fourth-order valence-corrected chi connectivity index (χ4v) is 3.90. The number of benzene rings is 2. The van der Waals surface area contributed by atoms with Crippen LogP contribution in [0, 0.1) is 13.8 Å². The lowest BCUT2D eigenvalue weighted by Gasteiger charge is -2.24. The van der Waals surface area contributed by atoms with Crippen LogP contribution in [-0.2, 0) is 11.2 Å². The number of carbonyl (C=O) groups is 2. The zero-order chi connectivity index (χ0) is 21.3. The molecule has 1 atom stereocenters. The van der Waals surface area contributed by atoms with Crippen molar-refractivity contribution in [1.82, 2.24) is 15.1 Å². The second-order valence-corrected chi connectivity index (χ2v) is 7.71. The van der Waals surface area contributed by atoms with Crippen molar-refractivity contribution in [1.29, 1.82) is 0 Å². The van der Waals surface area contributed by atoms with Gasteiger partial charge in [0.15, 0.2) is 0 Å². The first-order valence-electron chi connectivity index (χ1n) is 10.1. The molecule has 1 amide bonds. The summed E-state index contributed by atoms with van der Waals surface area (Å²) in [5.74, 6) is -0.583. The smallest absolute Gasteiger partial charge is 0.337 e. The van der Waals surface area contributed by atoms with Crippen LogP contribution in [0.4, 0.5) is 0 Å². The number of nitrogens with one attached hydrogen (secondary N) is 1. The summed E-state index contributed by atoms with van der Waals surface area (Å²) >= 11 is 0. The molecule has 154 valence electrons. The number of aryl methyl sites for hydroxylation is 2. The van der Waals surface area contributed by atoms with Gasteiger partial charge in [0.2, 0.25) is 0 Å². The highest BCUT2D eigenvalue weighted by Crippen LogP contribution is 2.31. The number of nitrogens with zero attached hydrogens (tertiary/aromatic N) is 2. The molecule has 0 saturated heterocycles. The van der Waals surface area contributed by atoms with E-state index in [1.165, 1.54) is 18.2 Å². The highest BCUT2D eigenvalue weighted by molar-refractivity contribution is 5.96. The fraction of sp³-hybridized carbons (Fsp3) is 0.292. The van der Waals surface area contributed by atoms with Crippen molar-refractivity contribution < 1.29 is 14.3 Å². The number of amides is 1. The van der Waals surface area contributed by atoms with E-state index in [9.17, 15) is 9.59 Å². The van der Waals surface area contributed by atoms with Crippen LogP contribution >= 0.6 is 0 Å². The van der Waals surface area contributed by atoms with Crippen LogP contribution in [0.15, 0.2) is 48.7 Å². The van der Waals surface area contributed by atoms with Gasteiger partial charge in [-0.15, -0.1) is 0 Å². The van der Waals surface area contributed by atoms with Gasteiger partial charge in [-0.1, -0.05) is 6.07 Å². The van der Waals surface area contributed by atoms with Gasteiger partial charge in [0.05, 0.1) is 30.6 Å². The van der Waals surface area contributed by atoms with Gasteiger partial charge in [-0.25, -0.2) is 9.48 Å². The van der Waals surface area contributed by atoms with E-state index in [4.69, 9.17) is 4.74 Å². The Morgan fingerprint density at radius 1 is 1.07 bits per heavy atom. The monoisotopic (exact) mass is 403 g/mol. The molecule has 0 fully saturated rings. The number of carbonyl (C=O) groups excluding carboxylic acids is 2. The first-order chi connectivity index (χ1) is 14.5. The number of methoxy groups -OCH3 is 1. The first kappa shape index (κ1) is 19.9. The Morgan fingerprint density at radius 2 is 1.80 bits per heavy atom. The Balaban J connectivity index is 1.55. The van der Waals surface area contributed by atoms with Crippen LogP contribution < -0.4 is 5.32 Å². The largest absolute Gasteiger partial charge is 0.465 e. The molecule has 6 heteroatoms. The molecule has 0 radical (unpaired) electrons. The Morgan fingerprint density at radius 3 is 2.50 bits per heavy atom. The summed E-state index contributed by atoms with van der Waals surface area (Å²) in [7, 11) is 1.34. The van der Waals surface area contributed by atoms with Gasteiger partial charge in [-0.05, 0) is 80.6 Å². The van der Waals surface area contributed by atoms with E-state index in [2.05, 4.69) is 42.5 Å². The van der Waals surface area contributed by atoms with Crippen molar-refractivity contribution in [3.05, 3.63) is 82.2 Å². The van der Waals surface area contributed by atoms with Gasteiger partial charge in [0.1, 0.15) is 0 Å². The Labute approximate surface area is 175 Å². The van der Waals surface area contributed by atoms with E-state index in [1.54, 1.807) is 24.3 Å². The van der Waals surface area contributed by atoms with E-state index in [1.807, 2.05) is 10.9 Å². The Bertz CT molecular complexity index is 1100. The van der Waals surface area contributed by atoms with Crippen LogP contribution in [0.1, 0.15) is 62.0 Å². The van der Waals surface area contributed by atoms with Gasteiger partial charge in [0, 0.05) is 16.8 Å². The molecule has 4 rings (SSSR count). The summed E-state index contributed by atoms with van der Waals surface area (Å²) in [6.45, 7) is 4.20. The summed E-state index contributed by atoms with van der Waals surface area (Å²) in [6.07, 6.45) is 4.66. The lowest BCUT2D eigenvalue weighted by atomic mass is 9.92. The summed E-state index contributed by atoms with van der Waals surface area (Å²) in [5, 5.41) is 7.75. The van der Waals surface area contributed by atoms with Crippen molar-refractivity contribution in [3.8, 4) is 5.69 Å². The fourth-order valence-electron chi connectivity index (χ4n) is 3.90. The molecular formula is C24H25N3O3. The minimum atomic E-state index is -0.419. The molecule has 1 N–H and O–H groups in total. The zero-order valence-electron chi connectivity index (χ0n) is 17.4. The average molecular weight is 403 g/mol. The molecule has 0 spiro atoms. The topological polar surface area (TPSA) is 73.2 Å². The van der Waals surface area contributed by atoms with E-state index < -0.39 is 5.97 Å². The number of hydrogen-bond donors (Lipinski definition) is 1. The predicted molar refractivity (Wildman–Crippen MR) is 114 cm³/mol. The number of ether oxygens (including phenoxy) is 1. The minimum Gasteiger partial charge on any atom is -0.465 e. The maximum absolute atomic E-state index is 12.8. The molecule has 1 aliphatic carbocycles. The van der Waals surface area contributed by atoms with Crippen molar-refractivity contribution in [2.45, 2.75) is 39.2 Å². The third-order valence-electron chi connectivity index (χ3n) is 5.79. The van der Waals surface area contributed by atoms with E-state index in [0.717, 1.165) is 36.2 Å². The van der Waals surface area contributed by atoms with Gasteiger partial charge < -0.3 is 10.1 Å². The molecule has 1 aromatic heterocycles. The highest BCUT2D eigenvalue weighted by atomic mass is 16.5. The van der Waals surface area contributed by atoms with Crippen molar-refractivity contribution in [2.24, 2.45) is 0 Å². The molecule has 0 bridgehead atoms. The summed E-state index contributed by atoms with van der Waals surface area (Å²) < 4.78 is 6.69. The molecule has 1 aliphatic rings. The molecule has 0 unspecified atom stereocenters. The predicted octanol–water partition coefficient (Wildman–Crippen LogP) is 4.08. The normalized spacial score (nSPS) is 15.4. The third-order valence-corrected chi connectivity index (χ3v) is 5.79. The van der Waals surface area contributed by atoms with Crippen LogP contribution in [0.5, 0.6) is 0 Å². The second kappa shape index (κ2) is 8.14. The van der Waals surface area contributed by atoms with Gasteiger partial charge in [0.25, 0.3) is 5.91 Å². The van der Waals surface area contributed by atoms with Crippen molar-refractivity contribution in [2.75, 3.05) is 7.11 Å².